The summed E-state index contributed by atoms with van der Waals surface area (Å²) in [5, 5.41) is 0. The minimum atomic E-state index is -0.0383. The van der Waals surface area contributed by atoms with E-state index in [1.54, 1.807) is 14.2 Å². The van der Waals surface area contributed by atoms with Gasteiger partial charge in [0.05, 0.1) is 27.4 Å². The Kier molecular flexibility index (Phi) is 4.32. The molecule has 1 unspecified atom stereocenters. The molecule has 1 aromatic carbocycles. The van der Waals surface area contributed by atoms with Crippen molar-refractivity contribution in [1.29, 1.82) is 0 Å². The molecule has 0 aliphatic carbocycles. The topological polar surface area (TPSA) is 53.7 Å². The van der Waals surface area contributed by atoms with Crippen LogP contribution in [0.3, 0.4) is 0 Å². The predicted molar refractivity (Wildman–Crippen MR) is 74.9 cm³/mol. The van der Waals surface area contributed by atoms with Crippen LogP contribution in [0.5, 0.6) is 11.5 Å². The molecular weight excluding hydrogens is 242 g/mol. The molecule has 0 amide bonds. The molecule has 1 atom stereocenters. The van der Waals surface area contributed by atoms with Gasteiger partial charge >= 0.3 is 0 Å². The molecule has 1 saturated heterocycles. The minimum absolute atomic E-state index is 0.0383. The summed E-state index contributed by atoms with van der Waals surface area (Å²) in [7, 11) is 3.37. The van der Waals surface area contributed by atoms with Gasteiger partial charge in [0.15, 0.2) is 0 Å². The van der Waals surface area contributed by atoms with Crippen LogP contribution >= 0.6 is 0 Å². The molecule has 0 radical (unpaired) electrons. The van der Waals surface area contributed by atoms with Crippen LogP contribution in [0.1, 0.15) is 18.9 Å². The lowest BCUT2D eigenvalue weighted by atomic mass is 9.67. The summed E-state index contributed by atoms with van der Waals surface area (Å²) in [4.78, 5) is 0. The van der Waals surface area contributed by atoms with E-state index in [-0.39, 0.29) is 5.41 Å². The molecule has 19 heavy (non-hydrogen) atoms. The first-order valence-corrected chi connectivity index (χ1v) is 6.72. The first-order chi connectivity index (χ1) is 9.21. The van der Waals surface area contributed by atoms with Crippen molar-refractivity contribution < 1.29 is 14.2 Å². The average Bonchev–Trinajstić information content (AvgIpc) is 2.42. The molecule has 0 aromatic heterocycles. The van der Waals surface area contributed by atoms with Crippen LogP contribution in [0.25, 0.3) is 0 Å². The lowest BCUT2D eigenvalue weighted by Crippen LogP contribution is -2.54. The van der Waals surface area contributed by atoms with Crippen molar-refractivity contribution in [3.63, 3.8) is 0 Å². The third-order valence-corrected chi connectivity index (χ3v) is 4.22. The van der Waals surface area contributed by atoms with Crippen molar-refractivity contribution in [2.45, 2.75) is 18.8 Å². The zero-order valence-corrected chi connectivity index (χ0v) is 11.9. The molecule has 2 N–H and O–H groups in total. The fourth-order valence-electron chi connectivity index (χ4n) is 2.92. The van der Waals surface area contributed by atoms with Crippen LogP contribution < -0.4 is 15.2 Å². The van der Waals surface area contributed by atoms with Gasteiger partial charge in [-0.3, -0.25) is 0 Å². The Bertz CT molecular complexity index is 425. The second-order valence-corrected chi connectivity index (χ2v) is 5.06. The molecule has 4 heteroatoms. The molecule has 0 bridgehead atoms. The Hall–Kier alpha value is -1.26. The fraction of sp³-hybridized carbons (Fsp3) is 0.600. The summed E-state index contributed by atoms with van der Waals surface area (Å²) < 4.78 is 16.3. The van der Waals surface area contributed by atoms with Gasteiger partial charge in [0.2, 0.25) is 0 Å². The van der Waals surface area contributed by atoms with Crippen LogP contribution in [0, 0.1) is 5.92 Å². The van der Waals surface area contributed by atoms with E-state index in [9.17, 15) is 0 Å². The van der Waals surface area contributed by atoms with Crippen molar-refractivity contribution in [3.05, 3.63) is 23.8 Å². The highest BCUT2D eigenvalue weighted by Crippen LogP contribution is 2.45. The van der Waals surface area contributed by atoms with Gasteiger partial charge in [0.25, 0.3) is 0 Å². The average molecular weight is 265 g/mol. The third kappa shape index (κ3) is 2.30. The summed E-state index contributed by atoms with van der Waals surface area (Å²) in [6.45, 7) is 4.23. The summed E-state index contributed by atoms with van der Waals surface area (Å²) in [6.07, 6.45) is 1.03. The van der Waals surface area contributed by atoms with E-state index in [0.29, 0.717) is 25.7 Å². The van der Waals surface area contributed by atoms with E-state index in [2.05, 4.69) is 13.0 Å². The maximum Gasteiger partial charge on any atom is 0.123 e. The Balaban J connectivity index is 2.47. The molecule has 1 aliphatic heterocycles. The van der Waals surface area contributed by atoms with Crippen molar-refractivity contribution in [2.75, 3.05) is 34.0 Å². The Labute approximate surface area is 114 Å². The van der Waals surface area contributed by atoms with Crippen molar-refractivity contribution in [2.24, 2.45) is 11.7 Å². The number of methoxy groups -OCH3 is 2. The third-order valence-electron chi connectivity index (χ3n) is 4.22. The number of hydrogen-bond acceptors (Lipinski definition) is 4. The second kappa shape index (κ2) is 5.80. The summed E-state index contributed by atoms with van der Waals surface area (Å²) in [5.41, 5.74) is 7.06. The van der Waals surface area contributed by atoms with Gasteiger partial charge in [-0.1, -0.05) is 13.3 Å². The van der Waals surface area contributed by atoms with E-state index < -0.39 is 0 Å². The number of ether oxygens (including phenoxy) is 3. The van der Waals surface area contributed by atoms with Crippen LogP contribution in [0.4, 0.5) is 0 Å². The first-order valence-electron chi connectivity index (χ1n) is 6.72. The fourth-order valence-corrected chi connectivity index (χ4v) is 2.92. The Morgan fingerprint density at radius 1 is 1.32 bits per heavy atom. The largest absolute Gasteiger partial charge is 0.497 e. The van der Waals surface area contributed by atoms with Gasteiger partial charge < -0.3 is 19.9 Å². The van der Waals surface area contributed by atoms with E-state index >= 15 is 0 Å². The minimum Gasteiger partial charge on any atom is -0.497 e. The maximum absolute atomic E-state index is 5.95. The number of nitrogens with two attached hydrogens (primary N) is 1. The zero-order valence-electron chi connectivity index (χ0n) is 11.9. The van der Waals surface area contributed by atoms with Crippen molar-refractivity contribution in [1.82, 2.24) is 0 Å². The van der Waals surface area contributed by atoms with Crippen LogP contribution in [-0.2, 0) is 10.2 Å². The molecule has 1 fully saturated rings. The smallest absolute Gasteiger partial charge is 0.123 e. The number of hydrogen-bond donors (Lipinski definition) is 1. The molecule has 1 aliphatic rings. The van der Waals surface area contributed by atoms with E-state index in [1.807, 2.05) is 12.1 Å². The zero-order chi connectivity index (χ0) is 13.9. The van der Waals surface area contributed by atoms with Crippen LogP contribution in [0.2, 0.25) is 0 Å². The standard InChI is InChI=1S/C15H23NO3/c1-4-11(8-16)15(9-19-10-15)13-7-12(17-2)5-6-14(13)18-3/h5-7,11H,4,8-10,16H2,1-3H3. The molecule has 2 rings (SSSR count). The predicted octanol–water partition coefficient (Wildman–Crippen LogP) is 1.96. The lowest BCUT2D eigenvalue weighted by molar-refractivity contribution is -0.0907. The monoisotopic (exact) mass is 265 g/mol. The van der Waals surface area contributed by atoms with Crippen molar-refractivity contribution in [3.8, 4) is 11.5 Å². The van der Waals surface area contributed by atoms with Gasteiger partial charge in [-0.25, -0.2) is 0 Å². The van der Waals surface area contributed by atoms with Gasteiger partial charge in [-0.2, -0.15) is 0 Å². The van der Waals surface area contributed by atoms with Gasteiger partial charge in [-0.05, 0) is 30.7 Å². The summed E-state index contributed by atoms with van der Waals surface area (Å²) in [5.74, 6) is 2.12. The van der Waals surface area contributed by atoms with E-state index in [1.165, 1.54) is 0 Å². The molecule has 4 nitrogen and oxygen atoms in total. The molecule has 106 valence electrons. The molecule has 1 aromatic rings. The SMILES string of the molecule is CCC(CN)C1(c2cc(OC)ccc2OC)COC1. The van der Waals surface area contributed by atoms with E-state index in [4.69, 9.17) is 19.9 Å². The van der Waals surface area contributed by atoms with Gasteiger partial charge in [-0.15, -0.1) is 0 Å². The summed E-state index contributed by atoms with van der Waals surface area (Å²) in [6, 6.07) is 5.93. The van der Waals surface area contributed by atoms with E-state index in [0.717, 1.165) is 23.5 Å². The quantitative estimate of drug-likeness (QED) is 0.854. The van der Waals surface area contributed by atoms with Gasteiger partial charge in [0.1, 0.15) is 11.5 Å². The van der Waals surface area contributed by atoms with Crippen LogP contribution in [-0.4, -0.2) is 34.0 Å². The molecular formula is C15H23NO3. The Morgan fingerprint density at radius 3 is 2.47 bits per heavy atom. The molecule has 0 saturated carbocycles. The summed E-state index contributed by atoms with van der Waals surface area (Å²) >= 11 is 0. The number of benzene rings is 1. The molecule has 0 spiro atoms. The normalized spacial score (nSPS) is 18.5. The highest BCUT2D eigenvalue weighted by atomic mass is 16.5. The first kappa shape index (κ1) is 14.2. The van der Waals surface area contributed by atoms with Crippen molar-refractivity contribution >= 4 is 0 Å². The molecule has 1 heterocycles. The van der Waals surface area contributed by atoms with Gasteiger partial charge in [0, 0.05) is 11.0 Å². The second-order valence-electron chi connectivity index (χ2n) is 5.06. The Morgan fingerprint density at radius 2 is 2.05 bits per heavy atom. The highest BCUT2D eigenvalue weighted by Gasteiger charge is 2.47. The van der Waals surface area contributed by atoms with Crippen LogP contribution in [0.15, 0.2) is 18.2 Å². The maximum atomic E-state index is 5.95. The lowest BCUT2D eigenvalue weighted by Gasteiger charge is -2.47. The number of rotatable bonds is 6. The highest BCUT2D eigenvalue weighted by molar-refractivity contribution is 5.47.